The van der Waals surface area contributed by atoms with Crippen LogP contribution in [0, 0.1) is 24.1 Å². The summed E-state index contributed by atoms with van der Waals surface area (Å²) in [7, 11) is 1.72. The van der Waals surface area contributed by atoms with E-state index in [2.05, 4.69) is 15.3 Å². The lowest BCUT2D eigenvalue weighted by Crippen LogP contribution is -2.18. The minimum atomic E-state index is -0.381. The Bertz CT molecular complexity index is 1780. The van der Waals surface area contributed by atoms with Gasteiger partial charge in [-0.25, -0.2) is 19.3 Å². The molecule has 3 heterocycles. The Morgan fingerprint density at radius 3 is 2.63 bits per heavy atom. The van der Waals surface area contributed by atoms with Crippen molar-refractivity contribution < 1.29 is 4.39 Å². The number of rotatable bonds is 5. The molecule has 2 aromatic carbocycles. The molecule has 0 aliphatic rings. The van der Waals surface area contributed by atoms with Crippen molar-refractivity contribution in [2.24, 2.45) is 7.05 Å². The summed E-state index contributed by atoms with van der Waals surface area (Å²) in [6.45, 7) is 3.69. The number of hydrogen-bond acceptors (Lipinski definition) is 7. The molecule has 0 fully saturated rings. The van der Waals surface area contributed by atoms with Crippen molar-refractivity contribution in [1.29, 1.82) is 5.26 Å². The third-order valence-electron chi connectivity index (χ3n) is 6.45. The minimum absolute atomic E-state index is 0.0633. The van der Waals surface area contributed by atoms with E-state index in [0.717, 1.165) is 22.1 Å². The maximum Gasteiger partial charge on any atom is 0.253 e. The van der Waals surface area contributed by atoms with Gasteiger partial charge in [-0.1, -0.05) is 30.3 Å². The van der Waals surface area contributed by atoms with E-state index in [0.29, 0.717) is 28.2 Å². The van der Waals surface area contributed by atoms with Crippen LogP contribution in [0.2, 0.25) is 0 Å². The van der Waals surface area contributed by atoms with Crippen LogP contribution in [0.15, 0.2) is 71.9 Å². The number of fused-ring (bicyclic) bond motifs is 1. The van der Waals surface area contributed by atoms with Gasteiger partial charge in [0.15, 0.2) is 0 Å². The summed E-state index contributed by atoms with van der Waals surface area (Å²) in [4.78, 5) is 25.4. The fourth-order valence-electron chi connectivity index (χ4n) is 4.57. The number of aromatic nitrogens is 4. The second kappa shape index (κ2) is 9.75. The summed E-state index contributed by atoms with van der Waals surface area (Å²) >= 11 is 0. The van der Waals surface area contributed by atoms with Gasteiger partial charge >= 0.3 is 0 Å². The van der Waals surface area contributed by atoms with Gasteiger partial charge in [-0.05, 0) is 38.1 Å². The van der Waals surface area contributed by atoms with Gasteiger partial charge in [0.2, 0.25) is 0 Å². The van der Waals surface area contributed by atoms with Gasteiger partial charge in [0, 0.05) is 46.4 Å². The molecule has 0 spiro atoms. The molecule has 0 aliphatic carbocycles. The Morgan fingerprint density at radius 1 is 1.11 bits per heavy atom. The molecule has 188 valence electrons. The van der Waals surface area contributed by atoms with Crippen LogP contribution in [0.25, 0.3) is 33.3 Å². The minimum Gasteiger partial charge on any atom is -0.382 e. The number of hydrogen-bond donors (Lipinski definition) is 2. The molecule has 0 amide bonds. The Balaban J connectivity index is 1.73. The highest BCUT2D eigenvalue weighted by Gasteiger charge is 2.20. The summed E-state index contributed by atoms with van der Waals surface area (Å²) in [5.41, 5.74) is 10.9. The van der Waals surface area contributed by atoms with Gasteiger partial charge in [-0.15, -0.1) is 0 Å². The van der Waals surface area contributed by atoms with Gasteiger partial charge in [0.05, 0.1) is 17.3 Å². The van der Waals surface area contributed by atoms with Crippen LogP contribution in [0.5, 0.6) is 0 Å². The molecule has 3 N–H and O–H groups in total. The molecule has 38 heavy (non-hydrogen) atoms. The molecular formula is C29H24FN7O. The monoisotopic (exact) mass is 505 g/mol. The Labute approximate surface area is 218 Å². The number of para-hydroxylation sites is 1. The average molecular weight is 506 g/mol. The summed E-state index contributed by atoms with van der Waals surface area (Å²) in [6.07, 6.45) is 3.08. The van der Waals surface area contributed by atoms with Gasteiger partial charge in [0.25, 0.3) is 5.56 Å². The molecule has 0 aliphatic heterocycles. The first-order valence-corrected chi connectivity index (χ1v) is 11.9. The van der Waals surface area contributed by atoms with E-state index >= 15 is 0 Å². The number of pyridine rings is 2. The zero-order valence-corrected chi connectivity index (χ0v) is 21.0. The smallest absolute Gasteiger partial charge is 0.253 e. The van der Waals surface area contributed by atoms with Gasteiger partial charge in [-0.2, -0.15) is 5.26 Å². The predicted molar refractivity (Wildman–Crippen MR) is 146 cm³/mol. The van der Waals surface area contributed by atoms with Crippen LogP contribution in [0.1, 0.15) is 29.7 Å². The fraction of sp³-hybridized carbons (Fsp3) is 0.138. The van der Waals surface area contributed by atoms with E-state index < -0.39 is 0 Å². The molecule has 0 unspecified atom stereocenters. The first kappa shape index (κ1) is 24.6. The number of nitrogens with two attached hydrogens (primary N) is 1. The summed E-state index contributed by atoms with van der Waals surface area (Å²) in [5, 5.41) is 13.7. The fourth-order valence-corrected chi connectivity index (χ4v) is 4.57. The average Bonchev–Trinajstić information content (AvgIpc) is 2.90. The number of nitrogens with zero attached hydrogens (tertiary/aromatic N) is 5. The van der Waals surface area contributed by atoms with E-state index in [9.17, 15) is 14.4 Å². The zero-order valence-electron chi connectivity index (χ0n) is 21.0. The van der Waals surface area contributed by atoms with Crippen molar-refractivity contribution in [3.63, 3.8) is 0 Å². The van der Waals surface area contributed by atoms with Crippen molar-refractivity contribution in [2.45, 2.75) is 19.9 Å². The Kier molecular flexibility index (Phi) is 6.31. The van der Waals surface area contributed by atoms with Crippen molar-refractivity contribution >= 4 is 22.5 Å². The number of anilines is 2. The highest BCUT2D eigenvalue weighted by atomic mass is 19.1. The maximum atomic E-state index is 14.3. The van der Waals surface area contributed by atoms with Gasteiger partial charge < -0.3 is 15.6 Å². The first-order chi connectivity index (χ1) is 18.3. The highest BCUT2D eigenvalue weighted by molar-refractivity contribution is 5.95. The number of halogens is 1. The topological polar surface area (TPSA) is 123 Å². The quantitative estimate of drug-likeness (QED) is 0.339. The molecule has 0 radical (unpaired) electrons. The van der Waals surface area contributed by atoms with Crippen LogP contribution in [0.3, 0.4) is 0 Å². The maximum absolute atomic E-state index is 14.3. The lowest BCUT2D eigenvalue weighted by molar-refractivity contribution is 0.628. The second-order valence-electron chi connectivity index (χ2n) is 9.10. The van der Waals surface area contributed by atoms with Crippen LogP contribution < -0.4 is 16.6 Å². The largest absolute Gasteiger partial charge is 0.382 e. The third-order valence-corrected chi connectivity index (χ3v) is 6.45. The number of aryl methyl sites for hydroxylation is 2. The second-order valence-corrected chi connectivity index (χ2v) is 9.10. The standard InChI is InChI=1S/C29H24FN7O/c1-16-10-20(14-37(3)29(16)38)22-9-5-7-19-12-23(17(2)35-28-24(13-31)27(32)33-15-34-28)26(36-25(19)22)18-6-4-8-21(30)11-18/h4-12,14-15,17H,1-3H3,(H3,32,33,34,35)/t17-/m0/s1. The number of nitrogen functional groups attached to an aromatic ring is 1. The molecule has 5 aromatic rings. The number of nitrogens with one attached hydrogen (secondary N) is 1. The third kappa shape index (κ3) is 4.44. The predicted octanol–water partition coefficient (Wildman–Crippen LogP) is 5.13. The van der Waals surface area contributed by atoms with Crippen LogP contribution >= 0.6 is 0 Å². The summed E-state index contributed by atoms with van der Waals surface area (Å²) < 4.78 is 15.9. The summed E-state index contributed by atoms with van der Waals surface area (Å²) in [5.74, 6) is -0.00289. The lowest BCUT2D eigenvalue weighted by Gasteiger charge is -2.20. The van der Waals surface area contributed by atoms with E-state index in [1.54, 1.807) is 36.9 Å². The molecule has 8 nitrogen and oxygen atoms in total. The van der Waals surface area contributed by atoms with Crippen LogP contribution in [0.4, 0.5) is 16.0 Å². The van der Waals surface area contributed by atoms with Crippen LogP contribution in [-0.4, -0.2) is 19.5 Å². The van der Waals surface area contributed by atoms with Crippen molar-refractivity contribution in [3.8, 4) is 28.5 Å². The molecule has 9 heteroatoms. The van der Waals surface area contributed by atoms with Gasteiger partial charge in [-0.3, -0.25) is 4.79 Å². The first-order valence-electron chi connectivity index (χ1n) is 11.9. The van der Waals surface area contributed by atoms with E-state index in [1.807, 2.05) is 43.3 Å². The molecule has 0 saturated carbocycles. The Morgan fingerprint density at radius 2 is 1.89 bits per heavy atom. The number of nitriles is 1. The van der Waals surface area contributed by atoms with Crippen molar-refractivity contribution in [3.05, 3.63) is 100.0 Å². The van der Waals surface area contributed by atoms with E-state index in [4.69, 9.17) is 10.7 Å². The van der Waals surface area contributed by atoms with Crippen molar-refractivity contribution in [2.75, 3.05) is 11.1 Å². The zero-order chi connectivity index (χ0) is 27.0. The molecular weight excluding hydrogens is 481 g/mol. The lowest BCUT2D eigenvalue weighted by atomic mass is 9.95. The molecule has 5 rings (SSSR count). The normalized spacial score (nSPS) is 11.8. The van der Waals surface area contributed by atoms with Crippen molar-refractivity contribution in [1.82, 2.24) is 19.5 Å². The van der Waals surface area contributed by atoms with Gasteiger partial charge in [0.1, 0.15) is 35.4 Å². The SMILES string of the molecule is Cc1cc(-c2cccc3cc([C@H](C)Nc4ncnc(N)c4C#N)c(-c4cccc(F)c4)nc23)cn(C)c1=O. The van der Waals surface area contributed by atoms with E-state index in [1.165, 1.54) is 18.5 Å². The summed E-state index contributed by atoms with van der Waals surface area (Å²) in [6, 6.07) is 17.6. The molecule has 1 atom stereocenters. The molecule has 3 aromatic heterocycles. The number of benzene rings is 2. The van der Waals surface area contributed by atoms with Crippen LogP contribution in [-0.2, 0) is 7.05 Å². The highest BCUT2D eigenvalue weighted by Crippen LogP contribution is 2.35. The molecule has 0 bridgehead atoms. The molecule has 0 saturated heterocycles. The Hall–Kier alpha value is -5.10. The van der Waals surface area contributed by atoms with E-state index in [-0.39, 0.29) is 28.8 Å².